The van der Waals surface area contributed by atoms with Crippen molar-refractivity contribution in [2.24, 2.45) is 0 Å². The van der Waals surface area contributed by atoms with E-state index in [0.29, 0.717) is 17.6 Å². The normalized spacial score (nSPS) is 13.9. The maximum atomic E-state index is 12.3. The van der Waals surface area contributed by atoms with Gasteiger partial charge in [-0.15, -0.1) is 0 Å². The van der Waals surface area contributed by atoms with E-state index in [2.05, 4.69) is 48.3 Å². The van der Waals surface area contributed by atoms with Gasteiger partial charge in [-0.2, -0.15) is 0 Å². The number of nitrogen functional groups attached to an aromatic ring is 1. The van der Waals surface area contributed by atoms with Crippen LogP contribution in [-0.2, 0) is 0 Å². The van der Waals surface area contributed by atoms with Crippen LogP contribution in [0.1, 0.15) is 82.1 Å². The first-order chi connectivity index (χ1) is 16.8. The number of aryl methyl sites for hydroxylation is 1. The van der Waals surface area contributed by atoms with Gasteiger partial charge in [0.15, 0.2) is 0 Å². The lowest BCUT2D eigenvalue weighted by molar-refractivity contribution is 0.0951. The maximum absolute atomic E-state index is 12.3. The summed E-state index contributed by atoms with van der Waals surface area (Å²) in [6.07, 6.45) is 9.16. The third kappa shape index (κ3) is 8.03. The molecular formula is C29H41N5O. The van der Waals surface area contributed by atoms with Crippen molar-refractivity contribution in [2.45, 2.75) is 91.3 Å². The maximum Gasteiger partial charge on any atom is 0.251 e. The number of nitrogens with zero attached hydrogens (tertiary/aromatic N) is 2. The molecule has 0 spiro atoms. The molecule has 0 radical (unpaired) electrons. The van der Waals surface area contributed by atoms with Crippen LogP contribution < -0.4 is 16.4 Å². The topological polar surface area (TPSA) is 92.9 Å². The summed E-state index contributed by atoms with van der Waals surface area (Å²) in [5.41, 5.74) is 10.3. The Hall–Kier alpha value is -2.99. The number of benzene rings is 2. The number of amides is 1. The quantitative estimate of drug-likeness (QED) is 0.351. The van der Waals surface area contributed by atoms with Crippen LogP contribution in [0.2, 0.25) is 0 Å². The summed E-state index contributed by atoms with van der Waals surface area (Å²) in [5.74, 6) is 0.265. The van der Waals surface area contributed by atoms with Gasteiger partial charge in [0, 0.05) is 35.3 Å². The van der Waals surface area contributed by atoms with E-state index in [-0.39, 0.29) is 11.9 Å². The molecule has 1 fully saturated rings. The lowest BCUT2D eigenvalue weighted by atomic mass is 9.97. The average Bonchev–Trinajstić information content (AvgIpc) is 3.66. The number of anilines is 1. The molecule has 6 heteroatoms. The van der Waals surface area contributed by atoms with Crippen molar-refractivity contribution in [2.75, 3.05) is 5.73 Å². The van der Waals surface area contributed by atoms with Gasteiger partial charge < -0.3 is 16.4 Å². The molecule has 1 amide bonds. The van der Waals surface area contributed by atoms with Crippen LogP contribution in [0.5, 0.6) is 0 Å². The zero-order valence-corrected chi connectivity index (χ0v) is 21.9. The standard InChI is InChI=1S/C19H18N4O.C10H23N/c1-11-2-3-13(18(24)22-15-5-6-15)9-16(11)12-4-7-17-14(8-12)10-21-19(20)23-17;1-5-7-8-10(6-2)11-9(3)4/h2-4,7-10,15H,5-6H2,1H3,(H,22,24)(H2,20,21,23);9-11H,5-8H2,1-4H3. The largest absolute Gasteiger partial charge is 0.368 e. The fourth-order valence-electron chi connectivity index (χ4n) is 4.11. The highest BCUT2D eigenvalue weighted by atomic mass is 16.1. The Kier molecular flexibility index (Phi) is 9.61. The Morgan fingerprint density at radius 2 is 1.91 bits per heavy atom. The molecule has 188 valence electrons. The third-order valence-corrected chi connectivity index (χ3v) is 6.29. The Labute approximate surface area is 210 Å². The second-order valence-corrected chi connectivity index (χ2v) is 9.85. The molecule has 4 rings (SSSR count). The molecule has 1 aromatic heterocycles. The average molecular weight is 476 g/mol. The molecule has 0 saturated heterocycles. The van der Waals surface area contributed by atoms with Gasteiger partial charge in [0.1, 0.15) is 0 Å². The predicted octanol–water partition coefficient (Wildman–Crippen LogP) is 6.03. The summed E-state index contributed by atoms with van der Waals surface area (Å²) in [6, 6.07) is 13.5. The third-order valence-electron chi connectivity index (χ3n) is 6.29. The number of hydrogen-bond donors (Lipinski definition) is 3. The van der Waals surface area contributed by atoms with E-state index in [1.807, 2.05) is 43.3 Å². The SMILES string of the molecule is CCCCC(CC)NC(C)C.Cc1ccc(C(=O)NC2CC2)cc1-c1ccc2nc(N)ncc2c1. The molecule has 35 heavy (non-hydrogen) atoms. The Balaban J connectivity index is 0.000000266. The summed E-state index contributed by atoms with van der Waals surface area (Å²) in [5, 5.41) is 7.52. The molecule has 0 aliphatic heterocycles. The van der Waals surface area contributed by atoms with Crippen molar-refractivity contribution < 1.29 is 4.79 Å². The van der Waals surface area contributed by atoms with Crippen LogP contribution in [0.3, 0.4) is 0 Å². The van der Waals surface area contributed by atoms with Gasteiger partial charge in [0.2, 0.25) is 5.95 Å². The van der Waals surface area contributed by atoms with Gasteiger partial charge in [-0.1, -0.05) is 52.7 Å². The molecule has 1 aliphatic rings. The number of carbonyl (C=O) groups excluding carboxylic acids is 1. The highest BCUT2D eigenvalue weighted by molar-refractivity contribution is 5.96. The zero-order chi connectivity index (χ0) is 25.4. The van der Waals surface area contributed by atoms with Gasteiger partial charge in [0.05, 0.1) is 5.52 Å². The minimum atomic E-state index is -0.00403. The van der Waals surface area contributed by atoms with Crippen LogP contribution in [-0.4, -0.2) is 34.0 Å². The van der Waals surface area contributed by atoms with Crippen molar-refractivity contribution in [1.82, 2.24) is 20.6 Å². The van der Waals surface area contributed by atoms with E-state index < -0.39 is 0 Å². The first-order valence-corrected chi connectivity index (χ1v) is 13.0. The molecule has 1 atom stereocenters. The van der Waals surface area contributed by atoms with E-state index in [4.69, 9.17) is 5.73 Å². The number of nitrogens with one attached hydrogen (secondary N) is 2. The zero-order valence-electron chi connectivity index (χ0n) is 21.9. The van der Waals surface area contributed by atoms with Crippen molar-refractivity contribution in [3.8, 4) is 11.1 Å². The van der Waals surface area contributed by atoms with Crippen LogP contribution in [0.15, 0.2) is 42.6 Å². The van der Waals surface area contributed by atoms with Crippen molar-refractivity contribution in [3.05, 3.63) is 53.7 Å². The highest BCUT2D eigenvalue weighted by Gasteiger charge is 2.24. The first kappa shape index (κ1) is 26.6. The van der Waals surface area contributed by atoms with Gasteiger partial charge in [-0.25, -0.2) is 9.97 Å². The summed E-state index contributed by atoms with van der Waals surface area (Å²) >= 11 is 0. The van der Waals surface area contributed by atoms with Crippen molar-refractivity contribution in [3.63, 3.8) is 0 Å². The molecule has 1 aliphatic carbocycles. The monoisotopic (exact) mass is 475 g/mol. The lowest BCUT2D eigenvalue weighted by Gasteiger charge is -2.19. The Morgan fingerprint density at radius 1 is 1.14 bits per heavy atom. The van der Waals surface area contributed by atoms with E-state index in [1.54, 1.807) is 6.20 Å². The molecule has 4 N–H and O–H groups in total. The Morgan fingerprint density at radius 3 is 2.57 bits per heavy atom. The second-order valence-electron chi connectivity index (χ2n) is 9.85. The van der Waals surface area contributed by atoms with E-state index in [0.717, 1.165) is 46.5 Å². The van der Waals surface area contributed by atoms with Gasteiger partial charge >= 0.3 is 0 Å². The van der Waals surface area contributed by atoms with Gasteiger partial charge in [-0.05, 0) is 73.6 Å². The number of carbonyl (C=O) groups is 1. The van der Waals surface area contributed by atoms with Gasteiger partial charge in [-0.3, -0.25) is 4.79 Å². The molecule has 1 saturated carbocycles. The van der Waals surface area contributed by atoms with Crippen LogP contribution in [0, 0.1) is 6.92 Å². The molecule has 2 aromatic carbocycles. The first-order valence-electron chi connectivity index (χ1n) is 13.0. The number of hydrogen-bond acceptors (Lipinski definition) is 5. The fourth-order valence-corrected chi connectivity index (χ4v) is 4.11. The number of unbranched alkanes of at least 4 members (excludes halogenated alkanes) is 1. The summed E-state index contributed by atoms with van der Waals surface area (Å²) < 4.78 is 0. The predicted molar refractivity (Wildman–Crippen MR) is 146 cm³/mol. The molecule has 6 nitrogen and oxygen atoms in total. The molecule has 0 bridgehead atoms. The van der Waals surface area contributed by atoms with Crippen molar-refractivity contribution in [1.29, 1.82) is 0 Å². The number of rotatable bonds is 9. The van der Waals surface area contributed by atoms with E-state index in [9.17, 15) is 4.79 Å². The Bertz CT molecular complexity index is 1120. The number of nitrogens with two attached hydrogens (primary N) is 1. The van der Waals surface area contributed by atoms with Gasteiger partial charge in [0.25, 0.3) is 5.91 Å². The minimum absolute atomic E-state index is 0.00403. The summed E-state index contributed by atoms with van der Waals surface area (Å²) in [7, 11) is 0. The molecule has 3 aromatic rings. The second kappa shape index (κ2) is 12.6. The van der Waals surface area contributed by atoms with Crippen LogP contribution in [0.4, 0.5) is 5.95 Å². The number of fused-ring (bicyclic) bond motifs is 1. The molecule has 1 heterocycles. The smallest absolute Gasteiger partial charge is 0.251 e. The van der Waals surface area contributed by atoms with Crippen molar-refractivity contribution >= 4 is 22.8 Å². The van der Waals surface area contributed by atoms with E-state index >= 15 is 0 Å². The van der Waals surface area contributed by atoms with Crippen LogP contribution >= 0.6 is 0 Å². The fraction of sp³-hybridized carbons (Fsp3) is 0.483. The summed E-state index contributed by atoms with van der Waals surface area (Å²) in [4.78, 5) is 20.6. The van der Waals surface area contributed by atoms with Crippen LogP contribution in [0.25, 0.3) is 22.0 Å². The lowest BCUT2D eigenvalue weighted by Crippen LogP contribution is -2.34. The molecule has 1 unspecified atom stereocenters. The summed E-state index contributed by atoms with van der Waals surface area (Å²) in [6.45, 7) is 11.0. The highest BCUT2D eigenvalue weighted by Crippen LogP contribution is 2.28. The molecular weight excluding hydrogens is 434 g/mol. The minimum Gasteiger partial charge on any atom is -0.368 e. The van der Waals surface area contributed by atoms with E-state index in [1.165, 1.54) is 25.7 Å². The number of aromatic nitrogens is 2.